The van der Waals surface area contributed by atoms with E-state index in [0.717, 1.165) is 16.0 Å². The molecule has 1 nitrogen and oxygen atoms in total. The van der Waals surface area contributed by atoms with Gasteiger partial charge in [0.05, 0.1) is 0 Å². The van der Waals surface area contributed by atoms with Crippen molar-refractivity contribution in [1.29, 1.82) is 0 Å². The van der Waals surface area contributed by atoms with Crippen LogP contribution in [-0.2, 0) is 0 Å². The quantitative estimate of drug-likeness (QED) is 0.490. The standard InChI is InChI=1S/C23H22OS/c1-16(2)18-6-8-19(9-7-18)23(24)20-10-14-22(15-11-20)25-21-12-4-17(3)5-13-21/h4-16H,1-3H3. The highest BCUT2D eigenvalue weighted by atomic mass is 32.2. The molecule has 0 atom stereocenters. The fourth-order valence-corrected chi connectivity index (χ4v) is 3.42. The van der Waals surface area contributed by atoms with Crippen LogP contribution in [-0.4, -0.2) is 5.78 Å². The molecule has 0 aromatic heterocycles. The van der Waals surface area contributed by atoms with Gasteiger partial charge >= 0.3 is 0 Å². The summed E-state index contributed by atoms with van der Waals surface area (Å²) in [6.45, 7) is 6.39. The summed E-state index contributed by atoms with van der Waals surface area (Å²) < 4.78 is 0. The summed E-state index contributed by atoms with van der Waals surface area (Å²) in [5.41, 5.74) is 3.98. The van der Waals surface area contributed by atoms with E-state index >= 15 is 0 Å². The number of carbonyl (C=O) groups excluding carboxylic acids is 1. The van der Waals surface area contributed by atoms with E-state index in [4.69, 9.17) is 0 Å². The maximum Gasteiger partial charge on any atom is 0.193 e. The van der Waals surface area contributed by atoms with E-state index < -0.39 is 0 Å². The Balaban J connectivity index is 1.72. The molecule has 3 aromatic rings. The first-order valence-electron chi connectivity index (χ1n) is 8.52. The number of ketones is 1. The first-order valence-corrected chi connectivity index (χ1v) is 9.34. The van der Waals surface area contributed by atoms with Crippen LogP contribution in [0.1, 0.15) is 46.8 Å². The van der Waals surface area contributed by atoms with Crippen LogP contribution >= 0.6 is 11.8 Å². The Hall–Kier alpha value is -2.32. The second kappa shape index (κ2) is 7.71. The van der Waals surface area contributed by atoms with E-state index in [1.165, 1.54) is 16.0 Å². The SMILES string of the molecule is Cc1ccc(Sc2ccc(C(=O)c3ccc(C(C)C)cc3)cc2)cc1. The van der Waals surface area contributed by atoms with Gasteiger partial charge in [0.2, 0.25) is 0 Å². The summed E-state index contributed by atoms with van der Waals surface area (Å²) in [5.74, 6) is 0.546. The molecule has 126 valence electrons. The number of hydrogen-bond acceptors (Lipinski definition) is 2. The van der Waals surface area contributed by atoms with Crippen molar-refractivity contribution < 1.29 is 4.79 Å². The first-order chi connectivity index (χ1) is 12.0. The molecule has 0 unspecified atom stereocenters. The Kier molecular flexibility index (Phi) is 5.40. The van der Waals surface area contributed by atoms with E-state index in [9.17, 15) is 4.79 Å². The maximum absolute atomic E-state index is 12.6. The number of benzene rings is 3. The van der Waals surface area contributed by atoms with Gasteiger partial charge in [0.1, 0.15) is 0 Å². The van der Waals surface area contributed by atoms with Gasteiger partial charge in [-0.15, -0.1) is 0 Å². The smallest absolute Gasteiger partial charge is 0.193 e. The highest BCUT2D eigenvalue weighted by Crippen LogP contribution is 2.28. The van der Waals surface area contributed by atoms with Crippen LogP contribution < -0.4 is 0 Å². The van der Waals surface area contributed by atoms with E-state index in [-0.39, 0.29) is 5.78 Å². The van der Waals surface area contributed by atoms with Gasteiger partial charge in [-0.1, -0.05) is 67.6 Å². The first kappa shape index (κ1) is 17.5. The average molecular weight is 346 g/mol. The molecule has 0 aliphatic carbocycles. The predicted molar refractivity (Wildman–Crippen MR) is 106 cm³/mol. The molecule has 25 heavy (non-hydrogen) atoms. The molecule has 0 amide bonds. The lowest BCUT2D eigenvalue weighted by Gasteiger charge is -2.07. The summed E-state index contributed by atoms with van der Waals surface area (Å²) in [7, 11) is 0. The molecule has 0 fully saturated rings. The summed E-state index contributed by atoms with van der Waals surface area (Å²) in [6.07, 6.45) is 0. The van der Waals surface area contributed by atoms with Crippen LogP contribution in [0.4, 0.5) is 0 Å². The van der Waals surface area contributed by atoms with Crippen molar-refractivity contribution in [1.82, 2.24) is 0 Å². The lowest BCUT2D eigenvalue weighted by Crippen LogP contribution is -2.01. The Morgan fingerprint density at radius 3 is 1.64 bits per heavy atom. The van der Waals surface area contributed by atoms with Crippen molar-refractivity contribution in [2.75, 3.05) is 0 Å². The molecule has 0 aliphatic heterocycles. The Morgan fingerprint density at radius 2 is 1.16 bits per heavy atom. The van der Waals surface area contributed by atoms with Gasteiger partial charge in [0.25, 0.3) is 0 Å². The third-order valence-corrected chi connectivity index (χ3v) is 5.23. The largest absolute Gasteiger partial charge is 0.289 e. The van der Waals surface area contributed by atoms with Crippen LogP contribution in [0.15, 0.2) is 82.6 Å². The fourth-order valence-electron chi connectivity index (χ4n) is 2.60. The van der Waals surface area contributed by atoms with Crippen LogP contribution in [0.2, 0.25) is 0 Å². The zero-order valence-corrected chi connectivity index (χ0v) is 15.6. The highest BCUT2D eigenvalue weighted by Gasteiger charge is 2.10. The Bertz CT molecular complexity index is 844. The molecule has 0 bridgehead atoms. The van der Waals surface area contributed by atoms with E-state index in [0.29, 0.717) is 5.92 Å². The zero-order valence-electron chi connectivity index (χ0n) is 14.8. The number of carbonyl (C=O) groups is 1. The van der Waals surface area contributed by atoms with Crippen LogP contribution in [0.25, 0.3) is 0 Å². The van der Waals surface area contributed by atoms with E-state index in [2.05, 4.69) is 45.0 Å². The Morgan fingerprint density at radius 1 is 0.720 bits per heavy atom. The van der Waals surface area contributed by atoms with Crippen molar-refractivity contribution in [2.24, 2.45) is 0 Å². The number of rotatable bonds is 5. The second-order valence-corrected chi connectivity index (χ2v) is 7.69. The topological polar surface area (TPSA) is 17.1 Å². The molecule has 0 saturated carbocycles. The lowest BCUT2D eigenvalue weighted by atomic mass is 9.98. The van der Waals surface area contributed by atoms with Crippen molar-refractivity contribution in [3.8, 4) is 0 Å². The minimum absolute atomic E-state index is 0.0715. The molecule has 0 heterocycles. The van der Waals surface area contributed by atoms with Gasteiger partial charge < -0.3 is 0 Å². The van der Waals surface area contributed by atoms with Crippen LogP contribution in [0, 0.1) is 6.92 Å². The molecule has 3 aromatic carbocycles. The van der Waals surface area contributed by atoms with Crippen molar-refractivity contribution in [2.45, 2.75) is 36.5 Å². The zero-order chi connectivity index (χ0) is 17.8. The summed E-state index contributed by atoms with van der Waals surface area (Å²) >= 11 is 1.71. The van der Waals surface area contributed by atoms with Gasteiger partial charge in [-0.25, -0.2) is 0 Å². The number of hydrogen-bond donors (Lipinski definition) is 0. The van der Waals surface area contributed by atoms with Crippen molar-refractivity contribution in [3.63, 3.8) is 0 Å². The van der Waals surface area contributed by atoms with Crippen LogP contribution in [0.5, 0.6) is 0 Å². The third-order valence-electron chi connectivity index (χ3n) is 4.21. The summed E-state index contributed by atoms with van der Waals surface area (Å²) in [6, 6.07) is 24.2. The van der Waals surface area contributed by atoms with Gasteiger partial charge in [-0.2, -0.15) is 0 Å². The third kappa shape index (κ3) is 4.40. The molecule has 0 radical (unpaired) electrons. The summed E-state index contributed by atoms with van der Waals surface area (Å²) in [4.78, 5) is 15.0. The molecule has 2 heteroatoms. The minimum Gasteiger partial charge on any atom is -0.289 e. The van der Waals surface area contributed by atoms with Gasteiger partial charge in [-0.3, -0.25) is 4.79 Å². The van der Waals surface area contributed by atoms with Gasteiger partial charge in [-0.05, 0) is 54.8 Å². The molecular weight excluding hydrogens is 324 g/mol. The minimum atomic E-state index is 0.0715. The predicted octanol–water partition coefficient (Wildman–Crippen LogP) is 6.50. The second-order valence-electron chi connectivity index (χ2n) is 6.55. The normalized spacial score (nSPS) is 10.9. The monoisotopic (exact) mass is 346 g/mol. The molecule has 0 N–H and O–H groups in total. The maximum atomic E-state index is 12.6. The van der Waals surface area contributed by atoms with Gasteiger partial charge in [0, 0.05) is 20.9 Å². The molecular formula is C23H22OS. The van der Waals surface area contributed by atoms with Crippen molar-refractivity contribution >= 4 is 17.5 Å². The fraction of sp³-hybridized carbons (Fsp3) is 0.174. The number of aryl methyl sites for hydroxylation is 1. The average Bonchev–Trinajstić information content (AvgIpc) is 2.64. The van der Waals surface area contributed by atoms with E-state index in [1.807, 2.05) is 48.5 Å². The molecule has 0 saturated heterocycles. The molecule has 0 spiro atoms. The van der Waals surface area contributed by atoms with E-state index in [1.54, 1.807) is 11.8 Å². The summed E-state index contributed by atoms with van der Waals surface area (Å²) in [5, 5.41) is 0. The van der Waals surface area contributed by atoms with Crippen LogP contribution in [0.3, 0.4) is 0 Å². The highest BCUT2D eigenvalue weighted by molar-refractivity contribution is 7.99. The molecule has 3 rings (SSSR count). The molecule has 0 aliphatic rings. The lowest BCUT2D eigenvalue weighted by molar-refractivity contribution is 0.103. The van der Waals surface area contributed by atoms with Crippen molar-refractivity contribution in [3.05, 3.63) is 95.1 Å². The Labute approximate surface area is 154 Å². The van der Waals surface area contributed by atoms with Gasteiger partial charge in [0.15, 0.2) is 5.78 Å².